The van der Waals surface area contributed by atoms with Crippen molar-refractivity contribution in [3.05, 3.63) is 53.7 Å². The number of aliphatic hydroxyl groups excluding tert-OH is 1. The van der Waals surface area contributed by atoms with Crippen molar-refractivity contribution in [3.63, 3.8) is 0 Å². The summed E-state index contributed by atoms with van der Waals surface area (Å²) in [4.78, 5) is 16.7. The van der Waals surface area contributed by atoms with Crippen LogP contribution >= 0.6 is 11.8 Å². The van der Waals surface area contributed by atoms with Crippen LogP contribution in [-0.2, 0) is 17.9 Å². The molecule has 152 valence electrons. The summed E-state index contributed by atoms with van der Waals surface area (Å²) in [6, 6.07) is 11.4. The molecular weight excluding hydrogens is 386 g/mol. The van der Waals surface area contributed by atoms with Crippen LogP contribution in [0.15, 0.2) is 47.8 Å². The van der Waals surface area contributed by atoms with Gasteiger partial charge in [-0.05, 0) is 48.2 Å². The van der Waals surface area contributed by atoms with Crippen molar-refractivity contribution >= 4 is 23.4 Å². The maximum Gasteiger partial charge on any atom is 0.234 e. The van der Waals surface area contributed by atoms with Crippen LogP contribution in [0.3, 0.4) is 0 Å². The van der Waals surface area contributed by atoms with Crippen LogP contribution in [0.4, 0.5) is 5.69 Å². The molecule has 0 saturated heterocycles. The number of hydrogen-bond donors (Lipinski definition) is 2. The number of hydrogen-bond acceptors (Lipinski definition) is 6. The Bertz CT molecular complexity index is 969. The molecule has 8 heteroatoms. The van der Waals surface area contributed by atoms with Gasteiger partial charge in [-0.1, -0.05) is 37.7 Å². The lowest BCUT2D eigenvalue weighted by atomic mass is 10.0. The van der Waals surface area contributed by atoms with E-state index >= 15 is 0 Å². The van der Waals surface area contributed by atoms with Gasteiger partial charge in [-0.15, -0.1) is 10.2 Å². The summed E-state index contributed by atoms with van der Waals surface area (Å²) in [5.41, 5.74) is 3.42. The molecule has 0 atom stereocenters. The molecule has 3 aromatic rings. The van der Waals surface area contributed by atoms with E-state index < -0.39 is 0 Å². The Morgan fingerprint density at radius 2 is 1.97 bits per heavy atom. The molecule has 0 bridgehead atoms. The second-order valence-corrected chi connectivity index (χ2v) is 7.81. The Hall–Kier alpha value is -2.71. The molecule has 0 fully saturated rings. The third-order valence-electron chi connectivity index (χ3n) is 4.46. The lowest BCUT2D eigenvalue weighted by molar-refractivity contribution is -0.113. The van der Waals surface area contributed by atoms with E-state index in [0.29, 0.717) is 29.1 Å². The number of pyridine rings is 1. The predicted molar refractivity (Wildman–Crippen MR) is 115 cm³/mol. The van der Waals surface area contributed by atoms with Crippen molar-refractivity contribution in [3.8, 4) is 11.5 Å². The van der Waals surface area contributed by atoms with Gasteiger partial charge in [-0.25, -0.2) is 0 Å². The highest BCUT2D eigenvalue weighted by molar-refractivity contribution is 7.99. The van der Waals surface area contributed by atoms with Crippen molar-refractivity contribution < 1.29 is 9.90 Å². The van der Waals surface area contributed by atoms with E-state index in [4.69, 9.17) is 0 Å². The van der Waals surface area contributed by atoms with Crippen molar-refractivity contribution in [1.82, 2.24) is 19.7 Å². The lowest BCUT2D eigenvalue weighted by Crippen LogP contribution is -2.14. The SMILES string of the molecule is CCn1c(SCC(=O)Nc2ccc(C(C)C)cc2)nnc1-c1cc(CO)ccn1. The van der Waals surface area contributed by atoms with Crippen molar-refractivity contribution in [2.24, 2.45) is 0 Å². The summed E-state index contributed by atoms with van der Waals surface area (Å²) in [5.74, 6) is 1.21. The van der Waals surface area contributed by atoms with Crippen LogP contribution in [0, 0.1) is 0 Å². The summed E-state index contributed by atoms with van der Waals surface area (Å²) >= 11 is 1.33. The maximum absolute atomic E-state index is 12.3. The van der Waals surface area contributed by atoms with E-state index in [1.165, 1.54) is 17.3 Å². The van der Waals surface area contributed by atoms with Crippen LogP contribution < -0.4 is 5.32 Å². The minimum absolute atomic E-state index is 0.0598. The van der Waals surface area contributed by atoms with Crippen LogP contribution in [-0.4, -0.2) is 36.5 Å². The number of carbonyl (C=O) groups excluding carboxylic acids is 1. The Labute approximate surface area is 174 Å². The van der Waals surface area contributed by atoms with Gasteiger partial charge in [0, 0.05) is 18.4 Å². The zero-order valence-corrected chi connectivity index (χ0v) is 17.6. The van der Waals surface area contributed by atoms with Crippen LogP contribution in [0.25, 0.3) is 11.5 Å². The van der Waals surface area contributed by atoms with E-state index in [9.17, 15) is 9.90 Å². The average molecular weight is 412 g/mol. The van der Waals surface area contributed by atoms with Crippen LogP contribution in [0.1, 0.15) is 37.8 Å². The highest BCUT2D eigenvalue weighted by Gasteiger charge is 2.16. The number of nitrogens with one attached hydrogen (secondary N) is 1. The summed E-state index contributed by atoms with van der Waals surface area (Å²) in [7, 11) is 0. The molecule has 0 unspecified atom stereocenters. The normalized spacial score (nSPS) is 11.1. The van der Waals surface area contributed by atoms with Crippen molar-refractivity contribution in [2.75, 3.05) is 11.1 Å². The van der Waals surface area contributed by atoms with Gasteiger partial charge in [0.25, 0.3) is 0 Å². The highest BCUT2D eigenvalue weighted by Crippen LogP contribution is 2.24. The molecule has 2 N–H and O–H groups in total. The lowest BCUT2D eigenvalue weighted by Gasteiger charge is -2.09. The molecular formula is C21H25N5O2S. The zero-order valence-electron chi connectivity index (χ0n) is 16.8. The number of aromatic nitrogens is 4. The van der Waals surface area contributed by atoms with Gasteiger partial charge in [0.15, 0.2) is 11.0 Å². The Morgan fingerprint density at radius 1 is 1.21 bits per heavy atom. The van der Waals surface area contributed by atoms with Crippen LogP contribution in [0.5, 0.6) is 0 Å². The van der Waals surface area contributed by atoms with Crippen molar-refractivity contribution in [2.45, 2.75) is 45.0 Å². The molecule has 0 aliphatic heterocycles. The minimum atomic E-state index is -0.0973. The van der Waals surface area contributed by atoms with E-state index in [0.717, 1.165) is 11.3 Å². The summed E-state index contributed by atoms with van der Waals surface area (Å²) in [6.45, 7) is 6.85. The van der Waals surface area contributed by atoms with Gasteiger partial charge >= 0.3 is 0 Å². The van der Waals surface area contributed by atoms with Gasteiger partial charge in [-0.3, -0.25) is 9.78 Å². The fourth-order valence-corrected chi connectivity index (χ4v) is 3.65. The molecule has 3 rings (SSSR count). The monoisotopic (exact) mass is 411 g/mol. The maximum atomic E-state index is 12.3. The third kappa shape index (κ3) is 5.21. The largest absolute Gasteiger partial charge is 0.392 e. The van der Waals surface area contributed by atoms with E-state index in [1.807, 2.05) is 35.8 Å². The minimum Gasteiger partial charge on any atom is -0.392 e. The first-order valence-corrected chi connectivity index (χ1v) is 10.5. The first-order chi connectivity index (χ1) is 14.0. The molecule has 1 aromatic carbocycles. The topological polar surface area (TPSA) is 92.9 Å². The van der Waals surface area contributed by atoms with E-state index in [-0.39, 0.29) is 18.3 Å². The molecule has 1 amide bonds. The molecule has 0 radical (unpaired) electrons. The number of benzene rings is 1. The average Bonchev–Trinajstić information content (AvgIpc) is 3.15. The second kappa shape index (κ2) is 9.67. The van der Waals surface area contributed by atoms with E-state index in [2.05, 4.69) is 34.3 Å². The van der Waals surface area contributed by atoms with Crippen molar-refractivity contribution in [1.29, 1.82) is 0 Å². The highest BCUT2D eigenvalue weighted by atomic mass is 32.2. The fraction of sp³-hybridized carbons (Fsp3) is 0.333. The number of carbonyl (C=O) groups is 1. The molecule has 0 saturated carbocycles. The predicted octanol–water partition coefficient (Wildman–Crippen LogP) is 3.71. The summed E-state index contributed by atoms with van der Waals surface area (Å²) in [5, 5.41) is 21.4. The molecule has 0 aliphatic rings. The zero-order chi connectivity index (χ0) is 20.8. The smallest absolute Gasteiger partial charge is 0.234 e. The summed E-state index contributed by atoms with van der Waals surface area (Å²) in [6.07, 6.45) is 1.64. The quantitative estimate of drug-likeness (QED) is 0.549. The number of rotatable bonds is 8. The first kappa shape index (κ1) is 21.0. The van der Waals surface area contributed by atoms with Gasteiger partial charge in [0.1, 0.15) is 5.69 Å². The number of aliphatic hydroxyl groups is 1. The molecule has 0 spiro atoms. The molecule has 29 heavy (non-hydrogen) atoms. The molecule has 7 nitrogen and oxygen atoms in total. The van der Waals surface area contributed by atoms with Gasteiger partial charge in [0.2, 0.25) is 5.91 Å². The number of nitrogens with zero attached hydrogens (tertiary/aromatic N) is 4. The first-order valence-electron chi connectivity index (χ1n) is 9.53. The standard InChI is InChI=1S/C21H25N5O2S/c1-4-26-20(18-11-15(12-27)9-10-22-18)24-25-21(26)29-13-19(28)23-17-7-5-16(6-8-17)14(2)3/h5-11,14,27H,4,12-13H2,1-3H3,(H,23,28). The summed E-state index contributed by atoms with van der Waals surface area (Å²) < 4.78 is 1.92. The number of anilines is 1. The van der Waals surface area contributed by atoms with E-state index in [1.54, 1.807) is 18.3 Å². The Morgan fingerprint density at radius 3 is 2.62 bits per heavy atom. The Kier molecular flexibility index (Phi) is 7.00. The third-order valence-corrected chi connectivity index (χ3v) is 5.43. The second-order valence-electron chi connectivity index (χ2n) is 6.87. The van der Waals surface area contributed by atoms with Gasteiger partial charge in [0.05, 0.1) is 12.4 Å². The van der Waals surface area contributed by atoms with Gasteiger partial charge in [-0.2, -0.15) is 0 Å². The fourth-order valence-electron chi connectivity index (χ4n) is 2.84. The Balaban J connectivity index is 1.66. The molecule has 2 heterocycles. The molecule has 2 aromatic heterocycles. The molecule has 0 aliphatic carbocycles. The number of amides is 1. The van der Waals surface area contributed by atoms with Crippen LogP contribution in [0.2, 0.25) is 0 Å². The van der Waals surface area contributed by atoms with Gasteiger partial charge < -0.3 is 15.0 Å². The number of thioether (sulfide) groups is 1.